The van der Waals surface area contributed by atoms with Gasteiger partial charge in [-0.25, -0.2) is 0 Å². The summed E-state index contributed by atoms with van der Waals surface area (Å²) in [5.41, 5.74) is 1.34. The average Bonchev–Trinajstić information content (AvgIpc) is 2.96. The molecule has 1 aromatic heterocycles. The quantitative estimate of drug-likeness (QED) is 0.911. The van der Waals surface area contributed by atoms with Crippen LogP contribution in [0, 0.1) is 6.92 Å². The van der Waals surface area contributed by atoms with Gasteiger partial charge in [-0.2, -0.15) is 0 Å². The molecule has 110 valence electrons. The number of carbonyl (C=O) groups excluding carboxylic acids is 1. The van der Waals surface area contributed by atoms with Crippen LogP contribution in [0.25, 0.3) is 0 Å². The molecule has 0 radical (unpaired) electrons. The molecule has 4 nitrogen and oxygen atoms in total. The van der Waals surface area contributed by atoms with Crippen molar-refractivity contribution in [1.29, 1.82) is 0 Å². The predicted octanol–water partition coefficient (Wildman–Crippen LogP) is 2.54. The van der Waals surface area contributed by atoms with E-state index >= 15 is 0 Å². The van der Waals surface area contributed by atoms with Crippen molar-refractivity contribution >= 4 is 5.91 Å². The number of fused-ring (bicyclic) bond motifs is 1. The summed E-state index contributed by atoms with van der Waals surface area (Å²) in [5.74, 6) is 0.672. The molecule has 1 aliphatic carbocycles. The summed E-state index contributed by atoms with van der Waals surface area (Å²) in [7, 11) is 0. The van der Waals surface area contributed by atoms with Crippen LogP contribution >= 0.6 is 0 Å². The molecule has 1 atom stereocenters. The van der Waals surface area contributed by atoms with Crippen LogP contribution in [-0.4, -0.2) is 17.6 Å². The molecular formula is C17H19NO3. The van der Waals surface area contributed by atoms with E-state index in [0.29, 0.717) is 12.0 Å². The SMILES string of the molecule is Cc1ccccc1C(=O)NCC1(O)CCCc2occc21. The van der Waals surface area contributed by atoms with Gasteiger partial charge in [0.15, 0.2) is 0 Å². The maximum absolute atomic E-state index is 12.3. The second-order valence-corrected chi connectivity index (χ2v) is 5.64. The van der Waals surface area contributed by atoms with Crippen molar-refractivity contribution in [3.05, 3.63) is 59.0 Å². The summed E-state index contributed by atoms with van der Waals surface area (Å²) < 4.78 is 5.39. The number of benzene rings is 1. The minimum atomic E-state index is -1.03. The van der Waals surface area contributed by atoms with E-state index in [4.69, 9.17) is 4.42 Å². The van der Waals surface area contributed by atoms with Crippen LogP contribution in [-0.2, 0) is 12.0 Å². The van der Waals surface area contributed by atoms with Crippen LogP contribution in [0.5, 0.6) is 0 Å². The first kappa shape index (κ1) is 13.9. The Labute approximate surface area is 123 Å². The largest absolute Gasteiger partial charge is 0.469 e. The number of hydrogen-bond acceptors (Lipinski definition) is 3. The molecule has 3 rings (SSSR count). The third kappa shape index (κ3) is 2.59. The summed E-state index contributed by atoms with van der Waals surface area (Å²) >= 11 is 0. The second-order valence-electron chi connectivity index (χ2n) is 5.64. The van der Waals surface area contributed by atoms with Crippen LogP contribution in [0.1, 0.15) is 40.1 Å². The topological polar surface area (TPSA) is 62.5 Å². The van der Waals surface area contributed by atoms with E-state index in [9.17, 15) is 9.90 Å². The molecule has 0 bridgehead atoms. The highest BCUT2D eigenvalue weighted by molar-refractivity contribution is 5.95. The molecule has 1 amide bonds. The standard InChI is InChI=1S/C17H19NO3/c1-12-5-2-3-6-13(12)16(19)18-11-17(20)9-4-7-15-14(17)8-10-21-15/h2-3,5-6,8,10,20H,4,7,9,11H2,1H3,(H,18,19). The smallest absolute Gasteiger partial charge is 0.251 e. The molecule has 2 aromatic rings. The molecule has 1 aliphatic rings. The first-order chi connectivity index (χ1) is 10.1. The summed E-state index contributed by atoms with van der Waals surface area (Å²) in [6.45, 7) is 2.10. The minimum absolute atomic E-state index is 0.155. The Morgan fingerprint density at radius 2 is 2.19 bits per heavy atom. The van der Waals surface area contributed by atoms with Crippen LogP contribution < -0.4 is 5.32 Å². The van der Waals surface area contributed by atoms with Crippen LogP contribution in [0.3, 0.4) is 0 Å². The molecule has 0 aliphatic heterocycles. The molecule has 0 saturated heterocycles. The van der Waals surface area contributed by atoms with E-state index in [0.717, 1.165) is 29.7 Å². The number of hydrogen-bond donors (Lipinski definition) is 2. The second kappa shape index (κ2) is 5.37. The van der Waals surface area contributed by atoms with Gasteiger partial charge in [-0.3, -0.25) is 4.79 Å². The Hall–Kier alpha value is -2.07. The average molecular weight is 285 g/mol. The van der Waals surface area contributed by atoms with Crippen molar-refractivity contribution < 1.29 is 14.3 Å². The van der Waals surface area contributed by atoms with E-state index in [1.54, 1.807) is 18.4 Å². The first-order valence-electron chi connectivity index (χ1n) is 7.23. The maximum Gasteiger partial charge on any atom is 0.251 e. The van der Waals surface area contributed by atoms with Crippen molar-refractivity contribution in [2.45, 2.75) is 31.8 Å². The Morgan fingerprint density at radius 3 is 3.00 bits per heavy atom. The molecule has 0 saturated carbocycles. The van der Waals surface area contributed by atoms with Crippen molar-refractivity contribution in [1.82, 2.24) is 5.32 Å². The number of furan rings is 1. The predicted molar refractivity (Wildman–Crippen MR) is 79.1 cm³/mol. The van der Waals surface area contributed by atoms with Gasteiger partial charge in [0.1, 0.15) is 11.4 Å². The normalized spacial score (nSPS) is 20.9. The van der Waals surface area contributed by atoms with E-state index < -0.39 is 5.60 Å². The molecular weight excluding hydrogens is 266 g/mol. The lowest BCUT2D eigenvalue weighted by Gasteiger charge is -2.31. The molecule has 0 fully saturated rings. The molecule has 1 aromatic carbocycles. The van der Waals surface area contributed by atoms with Gasteiger partial charge in [-0.1, -0.05) is 18.2 Å². The summed E-state index contributed by atoms with van der Waals surface area (Å²) in [4.78, 5) is 12.3. The number of aryl methyl sites for hydroxylation is 2. The third-order valence-electron chi connectivity index (χ3n) is 4.17. The summed E-state index contributed by atoms with van der Waals surface area (Å²) in [6, 6.07) is 9.23. The fourth-order valence-corrected chi connectivity index (χ4v) is 2.96. The van der Waals surface area contributed by atoms with E-state index in [1.165, 1.54) is 0 Å². The Kier molecular flexibility index (Phi) is 3.55. The number of carbonyl (C=O) groups is 1. The van der Waals surface area contributed by atoms with Gasteiger partial charge in [0, 0.05) is 17.5 Å². The molecule has 21 heavy (non-hydrogen) atoms. The fourth-order valence-electron chi connectivity index (χ4n) is 2.96. The van der Waals surface area contributed by atoms with E-state index in [-0.39, 0.29) is 12.5 Å². The van der Waals surface area contributed by atoms with Crippen molar-refractivity contribution in [2.24, 2.45) is 0 Å². The molecule has 4 heteroatoms. The first-order valence-corrected chi connectivity index (χ1v) is 7.23. The van der Waals surface area contributed by atoms with Gasteiger partial charge < -0.3 is 14.8 Å². The Morgan fingerprint density at radius 1 is 1.38 bits per heavy atom. The zero-order chi connectivity index (χ0) is 14.9. The zero-order valence-corrected chi connectivity index (χ0v) is 12.1. The highest BCUT2D eigenvalue weighted by Crippen LogP contribution is 2.35. The lowest BCUT2D eigenvalue weighted by atomic mass is 9.83. The molecule has 2 N–H and O–H groups in total. The van der Waals surface area contributed by atoms with Crippen LogP contribution in [0.2, 0.25) is 0 Å². The maximum atomic E-state index is 12.3. The van der Waals surface area contributed by atoms with Crippen molar-refractivity contribution in [3.63, 3.8) is 0 Å². The van der Waals surface area contributed by atoms with Crippen LogP contribution in [0.15, 0.2) is 41.0 Å². The highest BCUT2D eigenvalue weighted by atomic mass is 16.3. The van der Waals surface area contributed by atoms with E-state index in [1.807, 2.05) is 25.1 Å². The third-order valence-corrected chi connectivity index (χ3v) is 4.17. The van der Waals surface area contributed by atoms with E-state index in [2.05, 4.69) is 5.32 Å². The molecule has 1 heterocycles. The Balaban J connectivity index is 1.74. The van der Waals surface area contributed by atoms with Gasteiger partial charge in [-0.15, -0.1) is 0 Å². The number of amides is 1. The lowest BCUT2D eigenvalue weighted by molar-refractivity contribution is 0.0169. The summed E-state index contributed by atoms with van der Waals surface area (Å²) in [5, 5.41) is 13.7. The fraction of sp³-hybridized carbons (Fsp3) is 0.353. The van der Waals surface area contributed by atoms with Crippen LogP contribution in [0.4, 0.5) is 0 Å². The zero-order valence-electron chi connectivity index (χ0n) is 12.1. The Bertz CT molecular complexity index is 662. The number of aliphatic hydroxyl groups is 1. The lowest BCUT2D eigenvalue weighted by Crippen LogP contribution is -2.42. The van der Waals surface area contributed by atoms with Gasteiger partial charge >= 0.3 is 0 Å². The van der Waals surface area contributed by atoms with Gasteiger partial charge in [-0.05, 0) is 37.5 Å². The number of nitrogens with one attached hydrogen (secondary N) is 1. The number of rotatable bonds is 3. The van der Waals surface area contributed by atoms with Gasteiger partial charge in [0.05, 0.1) is 12.8 Å². The van der Waals surface area contributed by atoms with Gasteiger partial charge in [0.2, 0.25) is 0 Å². The van der Waals surface area contributed by atoms with Crippen molar-refractivity contribution in [3.8, 4) is 0 Å². The highest BCUT2D eigenvalue weighted by Gasteiger charge is 2.36. The monoisotopic (exact) mass is 285 g/mol. The van der Waals surface area contributed by atoms with Gasteiger partial charge in [0.25, 0.3) is 5.91 Å². The summed E-state index contributed by atoms with van der Waals surface area (Å²) in [6.07, 6.45) is 3.94. The molecule has 1 unspecified atom stereocenters. The minimum Gasteiger partial charge on any atom is -0.469 e. The molecule has 0 spiro atoms. The van der Waals surface area contributed by atoms with Crippen molar-refractivity contribution in [2.75, 3.05) is 6.54 Å².